The van der Waals surface area contributed by atoms with Gasteiger partial charge in [0.25, 0.3) is 0 Å². The number of hydrogen-bond acceptors (Lipinski definition) is 1. The second kappa shape index (κ2) is 7.11. The molecule has 0 saturated heterocycles. The molecule has 0 saturated carbocycles. The number of fused-ring (bicyclic) bond motifs is 4. The van der Waals surface area contributed by atoms with Gasteiger partial charge in [-0.25, -0.2) is 0 Å². The molecule has 0 aliphatic carbocycles. The molecule has 1 aliphatic rings. The third-order valence-electron chi connectivity index (χ3n) is 6.14. The van der Waals surface area contributed by atoms with Crippen molar-refractivity contribution in [1.82, 2.24) is 0 Å². The monoisotopic (exact) mass is 335 g/mol. The van der Waals surface area contributed by atoms with Crippen molar-refractivity contribution in [3.63, 3.8) is 0 Å². The molecule has 0 radical (unpaired) electrons. The van der Waals surface area contributed by atoms with Gasteiger partial charge in [-0.05, 0) is 49.4 Å². The summed E-state index contributed by atoms with van der Waals surface area (Å²) in [6, 6.07) is 13.7. The van der Waals surface area contributed by atoms with Crippen LogP contribution in [0.1, 0.15) is 69.7 Å². The van der Waals surface area contributed by atoms with Crippen LogP contribution in [0.5, 0.6) is 0 Å². The average molecular weight is 336 g/mol. The molecule has 2 aromatic rings. The van der Waals surface area contributed by atoms with Crippen LogP contribution in [0.3, 0.4) is 0 Å². The number of hydrogen-bond donors (Lipinski definition) is 1. The van der Waals surface area contributed by atoms with Crippen molar-refractivity contribution in [2.75, 3.05) is 0 Å². The molecule has 2 heterocycles. The van der Waals surface area contributed by atoms with E-state index in [4.69, 9.17) is 5.41 Å². The molecule has 132 valence electrons. The molecule has 2 heteroatoms. The molecule has 3 rings (SSSR count). The molecule has 2 nitrogen and oxygen atoms in total. The second-order valence-corrected chi connectivity index (χ2v) is 7.48. The van der Waals surface area contributed by atoms with Gasteiger partial charge in [-0.15, -0.1) is 0 Å². The Bertz CT molecular complexity index is 778. The summed E-state index contributed by atoms with van der Waals surface area (Å²) in [5.41, 5.74) is 6.72. The number of benzene rings is 1. The first-order chi connectivity index (χ1) is 12.1. The molecule has 1 N–H and O–H groups in total. The first kappa shape index (κ1) is 17.8. The van der Waals surface area contributed by atoms with E-state index in [1.165, 1.54) is 40.9 Å². The number of nitrogens with one attached hydrogen (secondary N) is 1. The summed E-state index contributed by atoms with van der Waals surface area (Å²) in [6.45, 7) is 10.00. The van der Waals surface area contributed by atoms with Crippen LogP contribution < -0.4 is 4.57 Å². The highest BCUT2D eigenvalue weighted by molar-refractivity contribution is 5.73. The smallest absolute Gasteiger partial charge is 0.213 e. The lowest BCUT2D eigenvalue weighted by Crippen LogP contribution is -2.42. The number of nitrogens with zero attached hydrogens (tertiary/aromatic N) is 1. The van der Waals surface area contributed by atoms with Crippen LogP contribution in [-0.4, -0.2) is 6.21 Å². The molecular weight excluding hydrogens is 304 g/mol. The summed E-state index contributed by atoms with van der Waals surface area (Å²) in [5, 5.41) is 8.19. The SMILES string of the molecule is CCCCc1ccc2c(c1)-c1cccc([n+]1CC)C(C=N)C2(C)CC. The predicted molar refractivity (Wildman–Crippen MR) is 106 cm³/mol. The fraction of sp³-hybridized carbons (Fsp3) is 0.478. The number of aryl methyl sites for hydroxylation is 1. The van der Waals surface area contributed by atoms with E-state index >= 15 is 0 Å². The first-order valence-electron chi connectivity index (χ1n) is 9.77. The lowest BCUT2D eigenvalue weighted by molar-refractivity contribution is -0.690. The summed E-state index contributed by atoms with van der Waals surface area (Å²) in [7, 11) is 0. The van der Waals surface area contributed by atoms with Gasteiger partial charge in [0, 0.05) is 23.8 Å². The van der Waals surface area contributed by atoms with E-state index < -0.39 is 0 Å². The molecule has 0 amide bonds. The largest absolute Gasteiger partial charge is 0.312 e. The van der Waals surface area contributed by atoms with Gasteiger partial charge in [0.05, 0.1) is 11.5 Å². The molecule has 25 heavy (non-hydrogen) atoms. The molecule has 1 aromatic heterocycles. The zero-order chi connectivity index (χ0) is 18.0. The van der Waals surface area contributed by atoms with Crippen LogP contribution in [0.25, 0.3) is 11.3 Å². The molecule has 2 bridgehead atoms. The molecule has 0 fully saturated rings. The third-order valence-corrected chi connectivity index (χ3v) is 6.14. The summed E-state index contributed by atoms with van der Waals surface area (Å²) in [6.07, 6.45) is 6.29. The van der Waals surface area contributed by atoms with Crippen LogP contribution in [0.2, 0.25) is 0 Å². The zero-order valence-corrected chi connectivity index (χ0v) is 16.1. The number of pyridine rings is 1. The molecule has 1 aromatic carbocycles. The fourth-order valence-corrected chi connectivity index (χ4v) is 4.43. The summed E-state index contributed by atoms with van der Waals surface area (Å²) in [4.78, 5) is 0. The van der Waals surface area contributed by atoms with Crippen molar-refractivity contribution in [3.05, 3.63) is 53.2 Å². The molecule has 2 unspecified atom stereocenters. The fourth-order valence-electron chi connectivity index (χ4n) is 4.43. The lowest BCUT2D eigenvalue weighted by Gasteiger charge is -2.33. The minimum atomic E-state index is -0.0482. The Hall–Kier alpha value is -1.96. The van der Waals surface area contributed by atoms with Gasteiger partial charge < -0.3 is 5.41 Å². The van der Waals surface area contributed by atoms with Gasteiger partial charge in [0.15, 0.2) is 5.69 Å². The highest BCUT2D eigenvalue weighted by atomic mass is 15.0. The Morgan fingerprint density at radius 3 is 2.60 bits per heavy atom. The average Bonchev–Trinajstić information content (AvgIpc) is 2.69. The van der Waals surface area contributed by atoms with E-state index in [0.717, 1.165) is 19.4 Å². The molecule has 1 aliphatic heterocycles. The molecule has 2 atom stereocenters. The van der Waals surface area contributed by atoms with E-state index in [1.54, 1.807) is 6.21 Å². The van der Waals surface area contributed by atoms with Crippen molar-refractivity contribution in [2.24, 2.45) is 0 Å². The number of aromatic nitrogens is 1. The van der Waals surface area contributed by atoms with Crippen molar-refractivity contribution in [2.45, 2.75) is 71.3 Å². The van der Waals surface area contributed by atoms with Crippen molar-refractivity contribution < 1.29 is 4.57 Å². The Morgan fingerprint density at radius 1 is 1.16 bits per heavy atom. The highest BCUT2D eigenvalue weighted by Crippen LogP contribution is 2.46. The van der Waals surface area contributed by atoms with Crippen LogP contribution >= 0.6 is 0 Å². The lowest BCUT2D eigenvalue weighted by atomic mass is 9.68. The Labute approximate surface area is 152 Å². The van der Waals surface area contributed by atoms with Gasteiger partial charge in [-0.1, -0.05) is 39.3 Å². The third kappa shape index (κ3) is 2.82. The van der Waals surface area contributed by atoms with Crippen LogP contribution in [-0.2, 0) is 18.4 Å². The van der Waals surface area contributed by atoms with Crippen molar-refractivity contribution in [1.29, 1.82) is 5.41 Å². The Balaban J connectivity index is 2.31. The van der Waals surface area contributed by atoms with Gasteiger partial charge in [-0.3, -0.25) is 0 Å². The van der Waals surface area contributed by atoms with Crippen molar-refractivity contribution in [3.8, 4) is 11.3 Å². The quantitative estimate of drug-likeness (QED) is 0.539. The van der Waals surface area contributed by atoms with Gasteiger partial charge >= 0.3 is 0 Å². The topological polar surface area (TPSA) is 27.7 Å². The second-order valence-electron chi connectivity index (χ2n) is 7.48. The van der Waals surface area contributed by atoms with E-state index in [9.17, 15) is 0 Å². The highest BCUT2D eigenvalue weighted by Gasteiger charge is 2.44. The van der Waals surface area contributed by atoms with Crippen LogP contribution in [0, 0.1) is 5.41 Å². The predicted octanol–water partition coefficient (Wildman–Crippen LogP) is 5.42. The number of unbranched alkanes of at least 4 members (excludes halogenated alkanes) is 1. The number of rotatable bonds is 6. The van der Waals surface area contributed by atoms with Gasteiger partial charge in [0.2, 0.25) is 5.69 Å². The van der Waals surface area contributed by atoms with Crippen molar-refractivity contribution >= 4 is 6.21 Å². The van der Waals surface area contributed by atoms with Crippen LogP contribution in [0.15, 0.2) is 36.4 Å². The summed E-state index contributed by atoms with van der Waals surface area (Å²) in [5.74, 6) is 0.111. The van der Waals surface area contributed by atoms with Crippen LogP contribution in [0.4, 0.5) is 0 Å². The maximum Gasteiger partial charge on any atom is 0.213 e. The Kier molecular flexibility index (Phi) is 5.08. The summed E-state index contributed by atoms with van der Waals surface area (Å²) >= 11 is 0. The maximum atomic E-state index is 8.19. The normalized spacial score (nSPS) is 21.5. The minimum absolute atomic E-state index is 0.0482. The van der Waals surface area contributed by atoms with Gasteiger partial charge in [-0.2, -0.15) is 4.57 Å². The van der Waals surface area contributed by atoms with E-state index in [2.05, 4.69) is 68.7 Å². The summed E-state index contributed by atoms with van der Waals surface area (Å²) < 4.78 is 2.42. The van der Waals surface area contributed by atoms with E-state index in [-0.39, 0.29) is 11.3 Å². The Morgan fingerprint density at radius 2 is 1.96 bits per heavy atom. The first-order valence-corrected chi connectivity index (χ1v) is 9.77. The molecule has 0 spiro atoms. The van der Waals surface area contributed by atoms with E-state index in [0.29, 0.717) is 0 Å². The minimum Gasteiger partial charge on any atom is -0.312 e. The molecular formula is C23H31N2+. The van der Waals surface area contributed by atoms with E-state index in [1.807, 2.05) is 0 Å². The van der Waals surface area contributed by atoms with Gasteiger partial charge in [0.1, 0.15) is 6.54 Å². The maximum absolute atomic E-state index is 8.19. The standard InChI is InChI=1S/C23H31N2/c1-5-8-10-17-13-14-19-18(15-17)21-11-9-12-22(25(21)7-3)20(16-24)23(19,4)6-2/h9,11-16,20,24H,5-8,10H2,1-4H3/q+1. The zero-order valence-electron chi connectivity index (χ0n) is 16.1.